The SMILES string of the molecule is COC(=O)[C@@H](C#N)c1nc2ccccc2nc1NC1CCCC1. The van der Waals surface area contributed by atoms with Gasteiger partial charge in [0.05, 0.1) is 24.2 Å². The number of hydrogen-bond acceptors (Lipinski definition) is 6. The van der Waals surface area contributed by atoms with Gasteiger partial charge in [-0.15, -0.1) is 0 Å². The van der Waals surface area contributed by atoms with Crippen LogP contribution in [0.25, 0.3) is 11.0 Å². The lowest BCUT2D eigenvalue weighted by Crippen LogP contribution is -2.21. The van der Waals surface area contributed by atoms with Gasteiger partial charge < -0.3 is 10.1 Å². The first-order chi connectivity index (χ1) is 11.2. The maximum absolute atomic E-state index is 11.9. The van der Waals surface area contributed by atoms with E-state index in [0.29, 0.717) is 23.1 Å². The van der Waals surface area contributed by atoms with E-state index in [-0.39, 0.29) is 0 Å². The Hall–Kier alpha value is -2.68. The number of methoxy groups -OCH3 is 1. The van der Waals surface area contributed by atoms with Crippen molar-refractivity contribution in [3.63, 3.8) is 0 Å². The van der Waals surface area contributed by atoms with Gasteiger partial charge in [0.2, 0.25) is 0 Å². The van der Waals surface area contributed by atoms with Gasteiger partial charge in [0.1, 0.15) is 5.69 Å². The molecule has 1 N–H and O–H groups in total. The van der Waals surface area contributed by atoms with Crippen LogP contribution in [0.3, 0.4) is 0 Å². The highest BCUT2D eigenvalue weighted by Crippen LogP contribution is 2.28. The molecule has 0 bridgehead atoms. The number of para-hydroxylation sites is 2. The van der Waals surface area contributed by atoms with Gasteiger partial charge in [-0.2, -0.15) is 5.26 Å². The number of hydrogen-bond donors (Lipinski definition) is 1. The topological polar surface area (TPSA) is 87.9 Å². The number of carbonyl (C=O) groups is 1. The molecule has 0 saturated heterocycles. The Morgan fingerprint density at radius 1 is 1.30 bits per heavy atom. The number of carbonyl (C=O) groups excluding carboxylic acids is 1. The molecular formula is C17H18N4O2. The first kappa shape index (κ1) is 15.2. The summed E-state index contributed by atoms with van der Waals surface area (Å²) in [7, 11) is 1.27. The fourth-order valence-corrected chi connectivity index (χ4v) is 2.93. The van der Waals surface area contributed by atoms with Crippen LogP contribution in [0.5, 0.6) is 0 Å². The smallest absolute Gasteiger partial charge is 0.329 e. The van der Waals surface area contributed by atoms with Crippen LogP contribution in [0.4, 0.5) is 5.82 Å². The number of rotatable bonds is 4. The Bertz CT molecular complexity index is 763. The molecule has 23 heavy (non-hydrogen) atoms. The van der Waals surface area contributed by atoms with E-state index >= 15 is 0 Å². The Morgan fingerprint density at radius 3 is 2.57 bits per heavy atom. The van der Waals surface area contributed by atoms with Gasteiger partial charge in [-0.05, 0) is 25.0 Å². The lowest BCUT2D eigenvalue weighted by Gasteiger charge is -2.17. The van der Waals surface area contributed by atoms with Gasteiger partial charge in [0.25, 0.3) is 0 Å². The van der Waals surface area contributed by atoms with Crippen molar-refractivity contribution in [2.75, 3.05) is 12.4 Å². The standard InChI is InChI=1S/C17H18N4O2/c1-23-17(22)12(10-18)15-16(19-11-6-2-3-7-11)21-14-9-5-4-8-13(14)20-15/h4-5,8-9,11-12H,2-3,6-7H2,1H3,(H,19,21)/t12-/m0/s1. The van der Waals surface area contributed by atoms with Gasteiger partial charge in [-0.1, -0.05) is 25.0 Å². The van der Waals surface area contributed by atoms with Crippen molar-refractivity contribution >= 4 is 22.8 Å². The molecule has 1 aromatic carbocycles. The van der Waals surface area contributed by atoms with Crippen molar-refractivity contribution in [2.45, 2.75) is 37.6 Å². The van der Waals surface area contributed by atoms with Crippen molar-refractivity contribution in [1.29, 1.82) is 5.26 Å². The molecule has 0 amide bonds. The van der Waals surface area contributed by atoms with E-state index in [9.17, 15) is 10.1 Å². The minimum Gasteiger partial charge on any atom is -0.468 e. The minimum atomic E-state index is -1.08. The number of fused-ring (bicyclic) bond motifs is 1. The molecule has 1 fully saturated rings. The van der Waals surface area contributed by atoms with Gasteiger partial charge >= 0.3 is 5.97 Å². The molecule has 3 rings (SSSR count). The summed E-state index contributed by atoms with van der Waals surface area (Å²) in [6.07, 6.45) is 4.46. The zero-order valence-electron chi connectivity index (χ0n) is 13.0. The second kappa shape index (κ2) is 6.61. The second-order valence-electron chi connectivity index (χ2n) is 5.66. The largest absolute Gasteiger partial charge is 0.468 e. The highest BCUT2D eigenvalue weighted by Gasteiger charge is 2.28. The summed E-state index contributed by atoms with van der Waals surface area (Å²) in [6, 6.07) is 9.71. The molecule has 1 aliphatic rings. The summed E-state index contributed by atoms with van der Waals surface area (Å²) in [6.45, 7) is 0. The number of nitriles is 1. The Balaban J connectivity index is 2.08. The lowest BCUT2D eigenvalue weighted by atomic mass is 10.1. The lowest BCUT2D eigenvalue weighted by molar-refractivity contribution is -0.141. The number of ether oxygens (including phenoxy) is 1. The first-order valence-corrected chi connectivity index (χ1v) is 7.73. The van der Waals surface area contributed by atoms with E-state index in [1.165, 1.54) is 20.0 Å². The van der Waals surface area contributed by atoms with Crippen molar-refractivity contribution in [3.8, 4) is 6.07 Å². The number of aromatic nitrogens is 2. The van der Waals surface area contributed by atoms with E-state index in [1.807, 2.05) is 30.3 Å². The molecule has 0 radical (unpaired) electrons. The zero-order chi connectivity index (χ0) is 16.2. The summed E-state index contributed by atoms with van der Waals surface area (Å²) in [4.78, 5) is 21.0. The van der Waals surface area contributed by atoms with E-state index in [4.69, 9.17) is 4.74 Å². The molecule has 1 aliphatic carbocycles. The predicted octanol–water partition coefficient (Wildman–Crippen LogP) is 2.76. The predicted molar refractivity (Wildman–Crippen MR) is 85.8 cm³/mol. The van der Waals surface area contributed by atoms with E-state index in [1.54, 1.807) is 0 Å². The van der Waals surface area contributed by atoms with E-state index < -0.39 is 11.9 Å². The average molecular weight is 310 g/mol. The molecule has 0 spiro atoms. The summed E-state index contributed by atoms with van der Waals surface area (Å²) in [5, 5.41) is 12.8. The summed E-state index contributed by atoms with van der Waals surface area (Å²) in [5.41, 5.74) is 1.73. The zero-order valence-corrected chi connectivity index (χ0v) is 13.0. The highest BCUT2D eigenvalue weighted by atomic mass is 16.5. The highest BCUT2D eigenvalue weighted by molar-refractivity contribution is 5.84. The molecule has 0 aliphatic heterocycles. The Morgan fingerprint density at radius 2 is 1.96 bits per heavy atom. The molecule has 2 aromatic rings. The van der Waals surface area contributed by atoms with Crippen LogP contribution in [0, 0.1) is 11.3 Å². The molecule has 1 atom stereocenters. The quantitative estimate of drug-likeness (QED) is 0.874. The second-order valence-corrected chi connectivity index (χ2v) is 5.66. The molecule has 0 unspecified atom stereocenters. The van der Waals surface area contributed by atoms with Gasteiger partial charge in [0, 0.05) is 6.04 Å². The summed E-state index contributed by atoms with van der Waals surface area (Å²) in [5.74, 6) is -1.19. The van der Waals surface area contributed by atoms with Crippen LogP contribution < -0.4 is 5.32 Å². The molecule has 6 nitrogen and oxygen atoms in total. The van der Waals surface area contributed by atoms with Crippen LogP contribution in [0.2, 0.25) is 0 Å². The minimum absolute atomic E-state index is 0.307. The third-order valence-corrected chi connectivity index (χ3v) is 4.13. The molecule has 1 aromatic heterocycles. The van der Waals surface area contributed by atoms with E-state index in [2.05, 4.69) is 15.3 Å². The fourth-order valence-electron chi connectivity index (χ4n) is 2.93. The molecule has 6 heteroatoms. The Labute approximate surface area is 134 Å². The van der Waals surface area contributed by atoms with Crippen LogP contribution >= 0.6 is 0 Å². The molecule has 118 valence electrons. The van der Waals surface area contributed by atoms with Crippen LogP contribution in [0.15, 0.2) is 24.3 Å². The van der Waals surface area contributed by atoms with Crippen LogP contribution in [0.1, 0.15) is 37.3 Å². The normalized spacial score (nSPS) is 16.0. The maximum atomic E-state index is 11.9. The number of benzene rings is 1. The van der Waals surface area contributed by atoms with Crippen LogP contribution in [-0.4, -0.2) is 29.1 Å². The van der Waals surface area contributed by atoms with Crippen molar-refractivity contribution in [1.82, 2.24) is 9.97 Å². The summed E-state index contributed by atoms with van der Waals surface area (Å²) >= 11 is 0. The molecule has 1 saturated carbocycles. The number of nitrogens with zero attached hydrogens (tertiary/aromatic N) is 3. The van der Waals surface area contributed by atoms with Crippen molar-refractivity contribution < 1.29 is 9.53 Å². The number of anilines is 1. The number of nitrogens with one attached hydrogen (secondary N) is 1. The van der Waals surface area contributed by atoms with Crippen LogP contribution in [-0.2, 0) is 9.53 Å². The third-order valence-electron chi connectivity index (χ3n) is 4.13. The fraction of sp³-hybridized carbons (Fsp3) is 0.412. The van der Waals surface area contributed by atoms with Gasteiger partial charge in [-0.25, -0.2) is 9.97 Å². The van der Waals surface area contributed by atoms with Crippen molar-refractivity contribution in [3.05, 3.63) is 30.0 Å². The number of esters is 1. The molecule has 1 heterocycles. The third kappa shape index (κ3) is 3.09. The van der Waals surface area contributed by atoms with Gasteiger partial charge in [0.15, 0.2) is 11.7 Å². The van der Waals surface area contributed by atoms with Crippen molar-refractivity contribution in [2.24, 2.45) is 0 Å². The average Bonchev–Trinajstić information content (AvgIpc) is 3.08. The first-order valence-electron chi connectivity index (χ1n) is 7.73. The Kier molecular flexibility index (Phi) is 4.38. The van der Waals surface area contributed by atoms with E-state index in [0.717, 1.165) is 18.4 Å². The maximum Gasteiger partial charge on any atom is 0.329 e. The monoisotopic (exact) mass is 310 g/mol. The molecular weight excluding hydrogens is 292 g/mol. The van der Waals surface area contributed by atoms with Gasteiger partial charge in [-0.3, -0.25) is 4.79 Å². The summed E-state index contributed by atoms with van der Waals surface area (Å²) < 4.78 is 4.74.